The summed E-state index contributed by atoms with van der Waals surface area (Å²) in [5, 5.41) is 5.19. The van der Waals surface area contributed by atoms with Crippen LogP contribution in [-0.2, 0) is 17.7 Å². The third-order valence-corrected chi connectivity index (χ3v) is 6.31. The summed E-state index contributed by atoms with van der Waals surface area (Å²) in [6, 6.07) is 8.65. The molecular formula is C20H24FN3O2S. The van der Waals surface area contributed by atoms with Crippen LogP contribution in [0.25, 0.3) is 0 Å². The van der Waals surface area contributed by atoms with E-state index >= 15 is 0 Å². The number of morpholine rings is 1. The second-order valence-electron chi connectivity index (χ2n) is 6.94. The summed E-state index contributed by atoms with van der Waals surface area (Å²) >= 11 is 1.77. The zero-order valence-electron chi connectivity index (χ0n) is 15.2. The van der Waals surface area contributed by atoms with Crippen molar-refractivity contribution >= 4 is 17.4 Å². The summed E-state index contributed by atoms with van der Waals surface area (Å²) in [4.78, 5) is 18.3. The predicted molar refractivity (Wildman–Crippen MR) is 103 cm³/mol. The fourth-order valence-corrected chi connectivity index (χ4v) is 4.64. The third kappa shape index (κ3) is 4.31. The summed E-state index contributed by atoms with van der Waals surface area (Å²) < 4.78 is 18.8. The Hall–Kier alpha value is -1.96. The van der Waals surface area contributed by atoms with Gasteiger partial charge in [0.15, 0.2) is 0 Å². The largest absolute Gasteiger partial charge is 0.379 e. The smallest absolute Gasteiger partial charge is 0.317 e. The first-order valence-corrected chi connectivity index (χ1v) is 10.2. The van der Waals surface area contributed by atoms with Crippen molar-refractivity contribution in [3.05, 3.63) is 57.5 Å². The number of hydrogen-bond acceptors (Lipinski definition) is 4. The minimum absolute atomic E-state index is 0.0138. The Kier molecular flexibility index (Phi) is 5.71. The number of hydrogen-bond donors (Lipinski definition) is 1. The van der Waals surface area contributed by atoms with Crippen LogP contribution in [0.3, 0.4) is 0 Å². The van der Waals surface area contributed by atoms with E-state index in [1.54, 1.807) is 23.5 Å². The molecule has 2 aromatic rings. The monoisotopic (exact) mass is 389 g/mol. The number of amides is 2. The van der Waals surface area contributed by atoms with Gasteiger partial charge in [0.2, 0.25) is 0 Å². The summed E-state index contributed by atoms with van der Waals surface area (Å²) in [6.45, 7) is 4.89. The van der Waals surface area contributed by atoms with Crippen LogP contribution in [-0.4, -0.2) is 55.2 Å². The van der Waals surface area contributed by atoms with E-state index in [1.165, 1.54) is 22.6 Å². The average Bonchev–Trinajstić information content (AvgIpc) is 3.18. The number of urea groups is 1. The van der Waals surface area contributed by atoms with Crippen molar-refractivity contribution in [1.82, 2.24) is 15.1 Å². The number of benzene rings is 1. The van der Waals surface area contributed by atoms with E-state index in [0.717, 1.165) is 31.6 Å². The van der Waals surface area contributed by atoms with Crippen LogP contribution in [0.15, 0.2) is 35.7 Å². The molecule has 3 heterocycles. The molecule has 7 heteroatoms. The molecule has 27 heavy (non-hydrogen) atoms. The molecule has 0 bridgehead atoms. The number of ether oxygens (including phenoxy) is 1. The normalized spacial score (nSPS) is 18.8. The lowest BCUT2D eigenvalue weighted by atomic mass is 10.0. The zero-order valence-corrected chi connectivity index (χ0v) is 16.0. The summed E-state index contributed by atoms with van der Waals surface area (Å²) in [5.41, 5.74) is 2.27. The van der Waals surface area contributed by atoms with Crippen molar-refractivity contribution in [2.45, 2.75) is 19.0 Å². The van der Waals surface area contributed by atoms with Crippen molar-refractivity contribution in [3.8, 4) is 0 Å². The molecule has 1 saturated heterocycles. The number of rotatable bonds is 4. The Morgan fingerprint density at radius 2 is 1.96 bits per heavy atom. The van der Waals surface area contributed by atoms with Gasteiger partial charge in [-0.1, -0.05) is 12.1 Å². The van der Waals surface area contributed by atoms with Crippen molar-refractivity contribution in [2.24, 2.45) is 0 Å². The molecule has 1 fully saturated rings. The van der Waals surface area contributed by atoms with E-state index < -0.39 is 0 Å². The fourth-order valence-electron chi connectivity index (χ4n) is 3.75. The van der Waals surface area contributed by atoms with Crippen LogP contribution in [0.4, 0.5) is 9.18 Å². The lowest BCUT2D eigenvalue weighted by Gasteiger charge is -2.35. The Bertz CT molecular complexity index is 774. The molecule has 1 atom stereocenters. The molecule has 1 N–H and O–H groups in total. The van der Waals surface area contributed by atoms with E-state index in [2.05, 4.69) is 21.7 Å². The van der Waals surface area contributed by atoms with E-state index in [4.69, 9.17) is 4.74 Å². The number of nitrogens with one attached hydrogen (secondary N) is 1. The third-order valence-electron chi connectivity index (χ3n) is 5.28. The molecule has 5 nitrogen and oxygen atoms in total. The molecule has 0 saturated carbocycles. The summed E-state index contributed by atoms with van der Waals surface area (Å²) in [7, 11) is 0. The predicted octanol–water partition coefficient (Wildman–Crippen LogP) is 3.03. The highest BCUT2D eigenvalue weighted by Crippen LogP contribution is 2.25. The van der Waals surface area contributed by atoms with Crippen molar-refractivity contribution in [2.75, 3.05) is 39.4 Å². The number of halogens is 1. The van der Waals surface area contributed by atoms with Crippen LogP contribution in [0.1, 0.15) is 22.0 Å². The van der Waals surface area contributed by atoms with Gasteiger partial charge < -0.3 is 15.0 Å². The molecule has 1 aromatic carbocycles. The van der Waals surface area contributed by atoms with Gasteiger partial charge in [-0.25, -0.2) is 9.18 Å². The molecule has 1 aromatic heterocycles. The molecule has 0 unspecified atom stereocenters. The van der Waals surface area contributed by atoms with Crippen molar-refractivity contribution in [1.29, 1.82) is 0 Å². The average molecular weight is 389 g/mol. The van der Waals surface area contributed by atoms with Gasteiger partial charge in [0.05, 0.1) is 19.3 Å². The molecule has 144 valence electrons. The van der Waals surface area contributed by atoms with Gasteiger partial charge in [0, 0.05) is 37.6 Å². The molecule has 0 radical (unpaired) electrons. The molecule has 0 spiro atoms. The standard InChI is InChI=1S/C20H24FN3O2S/c21-17-3-1-15(2-4-17)18(23-8-10-26-11-9-23)13-22-20(25)24-7-5-19-16(14-24)6-12-27-19/h1-4,6,12,18H,5,7-11,13-14H2,(H,22,25)/t18-/m1/s1. The van der Waals surface area contributed by atoms with E-state index in [0.29, 0.717) is 26.3 Å². The van der Waals surface area contributed by atoms with Crippen LogP contribution in [0, 0.1) is 5.82 Å². The van der Waals surface area contributed by atoms with Crippen LogP contribution < -0.4 is 5.32 Å². The summed E-state index contributed by atoms with van der Waals surface area (Å²) in [5.74, 6) is -0.247. The van der Waals surface area contributed by atoms with Gasteiger partial charge in [-0.2, -0.15) is 0 Å². The topological polar surface area (TPSA) is 44.8 Å². The fraction of sp³-hybridized carbons (Fsp3) is 0.450. The number of nitrogens with zero attached hydrogens (tertiary/aromatic N) is 2. The Morgan fingerprint density at radius 1 is 1.19 bits per heavy atom. The van der Waals surface area contributed by atoms with Gasteiger partial charge in [-0.05, 0) is 41.1 Å². The molecule has 2 amide bonds. The Morgan fingerprint density at radius 3 is 2.74 bits per heavy atom. The maximum absolute atomic E-state index is 13.3. The minimum atomic E-state index is -0.247. The molecule has 2 aliphatic heterocycles. The van der Waals surface area contributed by atoms with Crippen molar-refractivity contribution < 1.29 is 13.9 Å². The lowest BCUT2D eigenvalue weighted by Crippen LogP contribution is -2.47. The highest BCUT2D eigenvalue weighted by atomic mass is 32.1. The highest BCUT2D eigenvalue weighted by molar-refractivity contribution is 7.10. The molecule has 0 aliphatic carbocycles. The second-order valence-corrected chi connectivity index (χ2v) is 7.94. The summed E-state index contributed by atoms with van der Waals surface area (Å²) in [6.07, 6.45) is 0.922. The quantitative estimate of drug-likeness (QED) is 0.874. The van der Waals surface area contributed by atoms with Gasteiger partial charge in [-0.3, -0.25) is 4.90 Å². The first-order valence-electron chi connectivity index (χ1n) is 9.36. The van der Waals surface area contributed by atoms with E-state index in [-0.39, 0.29) is 17.9 Å². The van der Waals surface area contributed by atoms with Crippen LogP contribution >= 0.6 is 11.3 Å². The number of thiophene rings is 1. The molecule has 4 rings (SSSR count). The number of carbonyl (C=O) groups is 1. The maximum atomic E-state index is 13.3. The molecular weight excluding hydrogens is 365 g/mol. The van der Waals surface area contributed by atoms with Crippen LogP contribution in [0.5, 0.6) is 0 Å². The number of fused-ring (bicyclic) bond motifs is 1. The SMILES string of the molecule is O=C(NC[C@H](c1ccc(F)cc1)N1CCOCC1)N1CCc2sccc2C1. The van der Waals surface area contributed by atoms with Gasteiger partial charge in [0.1, 0.15) is 5.82 Å². The van der Waals surface area contributed by atoms with E-state index in [1.807, 2.05) is 4.90 Å². The number of carbonyl (C=O) groups excluding carboxylic acids is 1. The Balaban J connectivity index is 1.42. The van der Waals surface area contributed by atoms with Gasteiger partial charge >= 0.3 is 6.03 Å². The first-order chi connectivity index (χ1) is 13.2. The first kappa shape index (κ1) is 18.4. The minimum Gasteiger partial charge on any atom is -0.379 e. The zero-order chi connectivity index (χ0) is 18.6. The van der Waals surface area contributed by atoms with Gasteiger partial charge in [0.25, 0.3) is 0 Å². The lowest BCUT2D eigenvalue weighted by molar-refractivity contribution is 0.0164. The highest BCUT2D eigenvalue weighted by Gasteiger charge is 2.26. The van der Waals surface area contributed by atoms with E-state index in [9.17, 15) is 9.18 Å². The molecule has 2 aliphatic rings. The van der Waals surface area contributed by atoms with Gasteiger partial charge in [-0.15, -0.1) is 11.3 Å². The van der Waals surface area contributed by atoms with Crippen molar-refractivity contribution in [3.63, 3.8) is 0 Å². The van der Waals surface area contributed by atoms with Crippen LogP contribution in [0.2, 0.25) is 0 Å². The Labute approximate surface area is 162 Å². The second kappa shape index (κ2) is 8.37. The maximum Gasteiger partial charge on any atom is 0.317 e.